The van der Waals surface area contributed by atoms with Crippen LogP contribution in [0.1, 0.15) is 131 Å². The quantitative estimate of drug-likeness (QED) is 0.128. The number of fused-ring (bicyclic) bond motifs is 5. The van der Waals surface area contributed by atoms with Gasteiger partial charge in [-0.25, -0.2) is 0 Å². The molecule has 0 heterocycles. The Kier molecular flexibility index (Phi) is 9.04. The first-order valence-electron chi connectivity index (χ1n) is 15.2. The van der Waals surface area contributed by atoms with Crippen molar-refractivity contribution in [3.8, 4) is 0 Å². The second-order valence-electron chi connectivity index (χ2n) is 13.6. The van der Waals surface area contributed by atoms with Crippen LogP contribution in [0.25, 0.3) is 0 Å². The molecular weight excluding hydrogens is 452 g/mol. The van der Waals surface area contributed by atoms with Gasteiger partial charge in [0.05, 0.1) is 0 Å². The van der Waals surface area contributed by atoms with Gasteiger partial charge in [-0.2, -0.15) is 0 Å². The molecule has 4 rings (SSSR count). The predicted molar refractivity (Wildman–Crippen MR) is 148 cm³/mol. The van der Waals surface area contributed by atoms with Gasteiger partial charge in [0.25, 0.3) is 0 Å². The summed E-state index contributed by atoms with van der Waals surface area (Å²) in [6, 6.07) is 0. The number of allylic oxidation sites excluding steroid dienone is 1. The SMILES string of the molecule is CCCCCCCC[C@@H]1CC[C@@H]2[C@@H]3CC=C4C[C@@H](OC(=O)[C@@H](Cl)C(C)C)CC[C@]4(C)[C@@H]3CC[C@]12C. The van der Waals surface area contributed by atoms with Gasteiger partial charge in [0, 0.05) is 6.42 Å². The van der Waals surface area contributed by atoms with Crippen molar-refractivity contribution >= 4 is 17.6 Å². The molecule has 0 bridgehead atoms. The van der Waals surface area contributed by atoms with Gasteiger partial charge in [0.1, 0.15) is 11.5 Å². The molecule has 0 N–H and O–H groups in total. The maximum absolute atomic E-state index is 12.5. The number of hydrogen-bond donors (Lipinski definition) is 0. The Balaban J connectivity index is 1.36. The number of halogens is 1. The van der Waals surface area contributed by atoms with Crippen molar-refractivity contribution in [1.29, 1.82) is 0 Å². The maximum atomic E-state index is 12.5. The van der Waals surface area contributed by atoms with Gasteiger partial charge in [0.2, 0.25) is 0 Å². The molecule has 35 heavy (non-hydrogen) atoms. The normalized spacial score (nSPS) is 39.4. The van der Waals surface area contributed by atoms with E-state index in [0.29, 0.717) is 10.8 Å². The summed E-state index contributed by atoms with van der Waals surface area (Å²) in [5.74, 6) is 3.45. The summed E-state index contributed by atoms with van der Waals surface area (Å²) < 4.78 is 5.90. The molecular formula is C32H53ClO2. The lowest BCUT2D eigenvalue weighted by atomic mass is 9.47. The van der Waals surface area contributed by atoms with E-state index in [1.165, 1.54) is 77.0 Å². The van der Waals surface area contributed by atoms with Crippen molar-refractivity contribution in [2.24, 2.45) is 40.4 Å². The lowest BCUT2D eigenvalue weighted by Crippen LogP contribution is -2.50. The number of ether oxygens (including phenoxy) is 1. The second kappa shape index (κ2) is 11.5. The van der Waals surface area contributed by atoms with Crippen LogP contribution in [0.2, 0.25) is 0 Å². The van der Waals surface area contributed by atoms with E-state index in [-0.39, 0.29) is 18.0 Å². The molecule has 0 amide bonds. The first-order valence-corrected chi connectivity index (χ1v) is 15.7. The lowest BCUT2D eigenvalue weighted by molar-refractivity contribution is -0.151. The van der Waals surface area contributed by atoms with Gasteiger partial charge >= 0.3 is 5.97 Å². The topological polar surface area (TPSA) is 26.3 Å². The number of unbranched alkanes of at least 4 members (excludes halogenated alkanes) is 5. The fourth-order valence-corrected chi connectivity index (χ4v) is 9.04. The Morgan fingerprint density at radius 1 is 1.03 bits per heavy atom. The maximum Gasteiger partial charge on any atom is 0.324 e. The highest BCUT2D eigenvalue weighted by molar-refractivity contribution is 6.30. The van der Waals surface area contributed by atoms with Crippen LogP contribution in [-0.4, -0.2) is 17.5 Å². The number of rotatable bonds is 10. The van der Waals surface area contributed by atoms with Crippen LogP contribution in [0.3, 0.4) is 0 Å². The Morgan fingerprint density at radius 3 is 2.51 bits per heavy atom. The molecule has 2 nitrogen and oxygen atoms in total. The van der Waals surface area contributed by atoms with Crippen LogP contribution < -0.4 is 0 Å². The van der Waals surface area contributed by atoms with Crippen molar-refractivity contribution < 1.29 is 9.53 Å². The molecule has 0 aromatic rings. The zero-order chi connectivity index (χ0) is 25.2. The first kappa shape index (κ1) is 27.5. The molecule has 4 aliphatic rings. The third-order valence-corrected chi connectivity index (χ3v) is 11.9. The minimum Gasteiger partial charge on any atom is -0.461 e. The zero-order valence-corrected chi connectivity index (χ0v) is 24.2. The molecule has 3 fully saturated rings. The summed E-state index contributed by atoms with van der Waals surface area (Å²) in [6.45, 7) is 11.5. The van der Waals surface area contributed by atoms with E-state index in [2.05, 4.69) is 26.8 Å². The Labute approximate surface area is 221 Å². The summed E-state index contributed by atoms with van der Waals surface area (Å²) in [4.78, 5) is 12.5. The van der Waals surface area contributed by atoms with E-state index in [1.807, 2.05) is 13.8 Å². The van der Waals surface area contributed by atoms with E-state index in [1.54, 1.807) is 5.57 Å². The molecule has 200 valence electrons. The zero-order valence-electron chi connectivity index (χ0n) is 23.4. The van der Waals surface area contributed by atoms with Crippen molar-refractivity contribution in [3.05, 3.63) is 11.6 Å². The van der Waals surface area contributed by atoms with Gasteiger partial charge < -0.3 is 4.74 Å². The summed E-state index contributed by atoms with van der Waals surface area (Å²) in [5, 5.41) is -0.532. The third kappa shape index (κ3) is 5.53. The van der Waals surface area contributed by atoms with Gasteiger partial charge in [0.15, 0.2) is 0 Å². The van der Waals surface area contributed by atoms with Crippen molar-refractivity contribution in [3.63, 3.8) is 0 Å². The van der Waals surface area contributed by atoms with Crippen LogP contribution in [0.5, 0.6) is 0 Å². The minimum absolute atomic E-state index is 0.0143. The van der Waals surface area contributed by atoms with E-state index in [0.717, 1.165) is 42.9 Å². The number of hydrogen-bond acceptors (Lipinski definition) is 2. The summed E-state index contributed by atoms with van der Waals surface area (Å²) in [7, 11) is 0. The smallest absolute Gasteiger partial charge is 0.324 e. The van der Waals surface area contributed by atoms with Crippen molar-refractivity contribution in [2.45, 2.75) is 142 Å². The predicted octanol–water partition coefficient (Wildman–Crippen LogP) is 9.49. The molecule has 3 saturated carbocycles. The second-order valence-corrected chi connectivity index (χ2v) is 14.1. The van der Waals surface area contributed by atoms with Gasteiger partial charge in [-0.05, 0) is 91.8 Å². The van der Waals surface area contributed by atoms with Crippen LogP contribution >= 0.6 is 11.6 Å². The molecule has 0 saturated heterocycles. The number of alkyl halides is 1. The minimum atomic E-state index is -0.532. The number of carbonyl (C=O) groups is 1. The Hall–Kier alpha value is -0.500. The highest BCUT2D eigenvalue weighted by Gasteiger charge is 2.58. The monoisotopic (exact) mass is 504 g/mol. The van der Waals surface area contributed by atoms with Crippen molar-refractivity contribution in [1.82, 2.24) is 0 Å². The highest BCUT2D eigenvalue weighted by atomic mass is 35.5. The van der Waals surface area contributed by atoms with Crippen molar-refractivity contribution in [2.75, 3.05) is 0 Å². The van der Waals surface area contributed by atoms with Crippen LogP contribution in [0.15, 0.2) is 11.6 Å². The first-order chi connectivity index (χ1) is 16.7. The van der Waals surface area contributed by atoms with E-state index >= 15 is 0 Å². The van der Waals surface area contributed by atoms with Crippen LogP contribution in [0, 0.1) is 40.4 Å². The van der Waals surface area contributed by atoms with E-state index < -0.39 is 5.38 Å². The Bertz CT molecular complexity index is 759. The average molecular weight is 505 g/mol. The highest BCUT2D eigenvalue weighted by Crippen LogP contribution is 2.66. The van der Waals surface area contributed by atoms with Gasteiger partial charge in [-0.15, -0.1) is 11.6 Å². The van der Waals surface area contributed by atoms with Crippen LogP contribution in [0.4, 0.5) is 0 Å². The lowest BCUT2D eigenvalue weighted by Gasteiger charge is -2.58. The van der Waals surface area contributed by atoms with E-state index in [9.17, 15) is 4.79 Å². The van der Waals surface area contributed by atoms with E-state index in [4.69, 9.17) is 16.3 Å². The molecule has 0 spiro atoms. The largest absolute Gasteiger partial charge is 0.461 e. The average Bonchev–Trinajstić information content (AvgIpc) is 3.17. The standard InChI is InChI=1S/C32H53ClO2/c1-6-7-8-9-10-11-12-23-14-16-27-26-15-13-24-21-25(35-30(34)29(33)22(2)3)17-19-32(24,5)28(26)18-20-31(23,27)4/h13,22-23,25-29H,6-12,14-21H2,1-5H3/t23-,25+,26+,27-,28-,29+,31-,32+/m1/s1. The molecule has 0 unspecified atom stereocenters. The third-order valence-electron chi connectivity index (χ3n) is 11.3. The summed E-state index contributed by atoms with van der Waals surface area (Å²) in [6.07, 6.45) is 22.7. The van der Waals surface area contributed by atoms with Gasteiger partial charge in [-0.1, -0.05) is 84.8 Å². The number of esters is 1. The molecule has 0 radical (unpaired) electrons. The number of carbonyl (C=O) groups excluding carboxylic acids is 1. The molecule has 8 atom stereocenters. The fourth-order valence-electron chi connectivity index (χ4n) is 8.98. The fraction of sp³-hybridized carbons (Fsp3) is 0.906. The molecule has 4 aliphatic carbocycles. The molecule has 0 aromatic heterocycles. The van der Waals surface area contributed by atoms with Gasteiger partial charge in [-0.3, -0.25) is 4.79 Å². The molecule has 3 heteroatoms. The molecule has 0 aromatic carbocycles. The summed E-state index contributed by atoms with van der Waals surface area (Å²) in [5.41, 5.74) is 2.47. The molecule has 0 aliphatic heterocycles. The van der Waals surface area contributed by atoms with Crippen LogP contribution in [-0.2, 0) is 9.53 Å². The Morgan fingerprint density at radius 2 is 1.77 bits per heavy atom. The summed E-state index contributed by atoms with van der Waals surface area (Å²) >= 11 is 6.29.